The van der Waals surface area contributed by atoms with Crippen LogP contribution in [0, 0.1) is 6.92 Å². The lowest BCUT2D eigenvalue weighted by Gasteiger charge is -2.22. The van der Waals surface area contributed by atoms with Crippen molar-refractivity contribution < 1.29 is 19.1 Å². The molecule has 0 radical (unpaired) electrons. The molecule has 0 aliphatic carbocycles. The van der Waals surface area contributed by atoms with Crippen molar-refractivity contribution in [2.24, 2.45) is 0 Å². The molecule has 0 bridgehead atoms. The Kier molecular flexibility index (Phi) is 5.19. The molecule has 140 valence electrons. The monoisotopic (exact) mass is 386 g/mol. The summed E-state index contributed by atoms with van der Waals surface area (Å²) in [5.74, 6) is -1.11. The summed E-state index contributed by atoms with van der Waals surface area (Å²) < 4.78 is 5.49. The molecule has 3 rings (SSSR count). The number of hydrogen-bond donors (Lipinski definition) is 1. The molecule has 2 aromatic rings. The number of rotatable bonds is 5. The standard InChI is InChI=1S/C20H19ClN2O4/c1-4-27-17-15(21)6-5-7-16(17)22-18(24)12(3)23-19(25)13-9-8-11(2)10-14(13)20(23)26/h5-10,12H,4H2,1-3H3,(H,22,24). The van der Waals surface area contributed by atoms with Crippen LogP contribution >= 0.6 is 11.6 Å². The third kappa shape index (κ3) is 3.40. The average Bonchev–Trinajstić information content (AvgIpc) is 2.87. The number of aryl methyl sites for hydroxylation is 1. The van der Waals surface area contributed by atoms with Gasteiger partial charge in [-0.15, -0.1) is 0 Å². The molecule has 0 spiro atoms. The van der Waals surface area contributed by atoms with Crippen LogP contribution in [0.25, 0.3) is 0 Å². The molecule has 0 saturated heterocycles. The van der Waals surface area contributed by atoms with Crippen molar-refractivity contribution in [2.45, 2.75) is 26.8 Å². The highest BCUT2D eigenvalue weighted by molar-refractivity contribution is 6.32. The molecule has 1 unspecified atom stereocenters. The maximum atomic E-state index is 12.7. The summed E-state index contributed by atoms with van der Waals surface area (Å²) in [6, 6.07) is 9.01. The highest BCUT2D eigenvalue weighted by Crippen LogP contribution is 2.33. The largest absolute Gasteiger partial charge is 0.490 e. The molecule has 0 saturated carbocycles. The van der Waals surface area contributed by atoms with E-state index in [4.69, 9.17) is 16.3 Å². The van der Waals surface area contributed by atoms with Gasteiger partial charge in [0.2, 0.25) is 5.91 Å². The van der Waals surface area contributed by atoms with Crippen LogP contribution in [0.15, 0.2) is 36.4 Å². The average molecular weight is 387 g/mol. The minimum atomic E-state index is -0.994. The molecule has 7 heteroatoms. The quantitative estimate of drug-likeness (QED) is 0.795. The van der Waals surface area contributed by atoms with Gasteiger partial charge >= 0.3 is 0 Å². The minimum Gasteiger partial charge on any atom is -0.490 e. The van der Waals surface area contributed by atoms with Crippen molar-refractivity contribution in [3.63, 3.8) is 0 Å². The van der Waals surface area contributed by atoms with Gasteiger partial charge in [0.15, 0.2) is 5.75 Å². The number of para-hydroxylation sites is 1. The van der Waals surface area contributed by atoms with Crippen molar-refractivity contribution in [1.82, 2.24) is 4.90 Å². The Hall–Kier alpha value is -2.86. The molecule has 27 heavy (non-hydrogen) atoms. The summed E-state index contributed by atoms with van der Waals surface area (Å²) in [5, 5.41) is 3.06. The Morgan fingerprint density at radius 3 is 2.59 bits per heavy atom. The van der Waals surface area contributed by atoms with E-state index < -0.39 is 23.8 Å². The van der Waals surface area contributed by atoms with Crippen molar-refractivity contribution in [2.75, 3.05) is 11.9 Å². The van der Waals surface area contributed by atoms with Crippen LogP contribution in [0.5, 0.6) is 5.75 Å². The number of carbonyl (C=O) groups excluding carboxylic acids is 3. The number of amides is 3. The van der Waals surface area contributed by atoms with Gasteiger partial charge in [0.25, 0.3) is 11.8 Å². The van der Waals surface area contributed by atoms with Gasteiger partial charge in [-0.25, -0.2) is 0 Å². The Balaban J connectivity index is 1.84. The fourth-order valence-corrected chi connectivity index (χ4v) is 3.21. The molecular weight excluding hydrogens is 368 g/mol. The molecule has 2 aromatic carbocycles. The number of ether oxygens (including phenoxy) is 1. The van der Waals surface area contributed by atoms with Crippen LogP contribution < -0.4 is 10.1 Å². The van der Waals surface area contributed by atoms with E-state index >= 15 is 0 Å². The fraction of sp³-hybridized carbons (Fsp3) is 0.250. The van der Waals surface area contributed by atoms with Gasteiger partial charge in [0, 0.05) is 0 Å². The van der Waals surface area contributed by atoms with Crippen LogP contribution in [-0.2, 0) is 4.79 Å². The third-order valence-corrected chi connectivity index (χ3v) is 4.65. The summed E-state index contributed by atoms with van der Waals surface area (Å²) in [6.07, 6.45) is 0. The van der Waals surface area contributed by atoms with Crippen LogP contribution in [0.2, 0.25) is 5.02 Å². The van der Waals surface area contributed by atoms with Crippen LogP contribution in [0.3, 0.4) is 0 Å². The Bertz CT molecular complexity index is 942. The first-order valence-electron chi connectivity index (χ1n) is 8.55. The minimum absolute atomic E-state index is 0.308. The summed E-state index contributed by atoms with van der Waals surface area (Å²) in [5.41, 5.74) is 1.88. The van der Waals surface area contributed by atoms with E-state index in [1.165, 1.54) is 6.92 Å². The second-order valence-electron chi connectivity index (χ2n) is 6.24. The molecule has 1 aliphatic rings. The van der Waals surface area contributed by atoms with Gasteiger partial charge in [0.1, 0.15) is 6.04 Å². The van der Waals surface area contributed by atoms with E-state index in [9.17, 15) is 14.4 Å². The van der Waals surface area contributed by atoms with Gasteiger partial charge < -0.3 is 10.1 Å². The molecule has 1 N–H and O–H groups in total. The lowest BCUT2D eigenvalue weighted by atomic mass is 10.1. The van der Waals surface area contributed by atoms with Crippen molar-refractivity contribution in [3.05, 3.63) is 58.1 Å². The first-order valence-corrected chi connectivity index (χ1v) is 8.93. The zero-order valence-corrected chi connectivity index (χ0v) is 16.0. The SMILES string of the molecule is CCOc1c(Cl)cccc1NC(=O)C(C)N1C(=O)c2ccc(C)cc2C1=O. The number of imide groups is 1. The predicted molar refractivity (Wildman–Crippen MR) is 102 cm³/mol. The summed E-state index contributed by atoms with van der Waals surface area (Å²) >= 11 is 6.13. The number of nitrogens with zero attached hydrogens (tertiary/aromatic N) is 1. The van der Waals surface area contributed by atoms with Crippen molar-refractivity contribution in [3.8, 4) is 5.75 Å². The number of fused-ring (bicyclic) bond motifs is 1. The second-order valence-corrected chi connectivity index (χ2v) is 6.65. The number of nitrogens with one attached hydrogen (secondary N) is 1. The van der Waals surface area contributed by atoms with Crippen LogP contribution in [0.4, 0.5) is 5.69 Å². The molecule has 1 atom stereocenters. The number of benzene rings is 2. The number of carbonyl (C=O) groups is 3. The fourth-order valence-electron chi connectivity index (χ4n) is 2.98. The Morgan fingerprint density at radius 2 is 1.89 bits per heavy atom. The molecule has 0 aromatic heterocycles. The first kappa shape index (κ1) is 18.9. The second kappa shape index (κ2) is 7.40. The predicted octanol–water partition coefficient (Wildman–Crippen LogP) is 3.67. The maximum Gasteiger partial charge on any atom is 0.262 e. The van der Waals surface area contributed by atoms with E-state index in [0.717, 1.165) is 10.5 Å². The van der Waals surface area contributed by atoms with Crippen molar-refractivity contribution in [1.29, 1.82) is 0 Å². The molecule has 1 heterocycles. The van der Waals surface area contributed by atoms with E-state index in [0.29, 0.717) is 34.2 Å². The van der Waals surface area contributed by atoms with Gasteiger partial charge in [-0.05, 0) is 45.0 Å². The Morgan fingerprint density at radius 1 is 1.19 bits per heavy atom. The van der Waals surface area contributed by atoms with Gasteiger partial charge in [-0.2, -0.15) is 0 Å². The normalized spacial score (nSPS) is 14.1. The third-order valence-electron chi connectivity index (χ3n) is 4.35. The molecule has 6 nitrogen and oxygen atoms in total. The Labute approximate surface area is 162 Å². The number of halogens is 1. The smallest absolute Gasteiger partial charge is 0.262 e. The summed E-state index contributed by atoms with van der Waals surface area (Å²) in [6.45, 7) is 5.53. The summed E-state index contributed by atoms with van der Waals surface area (Å²) in [4.78, 5) is 39.0. The van der Waals surface area contributed by atoms with Gasteiger partial charge in [0.05, 0.1) is 28.4 Å². The van der Waals surface area contributed by atoms with E-state index in [-0.39, 0.29) is 0 Å². The van der Waals surface area contributed by atoms with Gasteiger partial charge in [-0.1, -0.05) is 29.3 Å². The first-order chi connectivity index (χ1) is 12.8. The zero-order valence-electron chi connectivity index (χ0n) is 15.2. The van der Waals surface area contributed by atoms with E-state index in [1.807, 2.05) is 6.92 Å². The summed E-state index contributed by atoms with van der Waals surface area (Å²) in [7, 11) is 0. The van der Waals surface area contributed by atoms with Crippen LogP contribution in [0.1, 0.15) is 40.1 Å². The lowest BCUT2D eigenvalue weighted by Crippen LogP contribution is -2.45. The highest BCUT2D eigenvalue weighted by Gasteiger charge is 2.41. The highest BCUT2D eigenvalue weighted by atomic mass is 35.5. The lowest BCUT2D eigenvalue weighted by molar-refractivity contribution is -0.119. The molecule has 3 amide bonds. The van der Waals surface area contributed by atoms with Gasteiger partial charge in [-0.3, -0.25) is 19.3 Å². The molecule has 0 fully saturated rings. The van der Waals surface area contributed by atoms with E-state index in [2.05, 4.69) is 5.32 Å². The molecule has 1 aliphatic heterocycles. The maximum absolute atomic E-state index is 12.7. The zero-order chi connectivity index (χ0) is 19.7. The topological polar surface area (TPSA) is 75.7 Å². The van der Waals surface area contributed by atoms with Crippen LogP contribution in [-0.4, -0.2) is 35.3 Å². The van der Waals surface area contributed by atoms with E-state index in [1.54, 1.807) is 43.3 Å². The number of anilines is 1. The number of hydrogen-bond acceptors (Lipinski definition) is 4. The molecular formula is C20H19ClN2O4. The van der Waals surface area contributed by atoms with Crippen molar-refractivity contribution >= 4 is 35.0 Å².